The highest BCUT2D eigenvalue weighted by Crippen LogP contribution is 2.49. The van der Waals surface area contributed by atoms with Gasteiger partial charge in [0.05, 0.1) is 29.6 Å². The van der Waals surface area contributed by atoms with E-state index in [4.69, 9.17) is 44.4 Å². The zero-order valence-electron chi connectivity index (χ0n) is 18.9. The van der Waals surface area contributed by atoms with Crippen molar-refractivity contribution in [3.05, 3.63) is 92.9 Å². The number of hydrogen-bond acceptors (Lipinski definition) is 6. The molecule has 36 heavy (non-hydrogen) atoms. The molecule has 3 aromatic carbocycles. The van der Waals surface area contributed by atoms with Crippen molar-refractivity contribution in [2.45, 2.75) is 19.1 Å². The van der Waals surface area contributed by atoms with Gasteiger partial charge in [-0.3, -0.25) is 14.4 Å². The zero-order chi connectivity index (χ0) is 25.6. The Labute approximate surface area is 222 Å². The van der Waals surface area contributed by atoms with Gasteiger partial charge in [-0.2, -0.15) is 0 Å². The van der Waals surface area contributed by atoms with Gasteiger partial charge < -0.3 is 4.74 Å². The number of esters is 1. The van der Waals surface area contributed by atoms with Crippen LogP contribution in [0.4, 0.5) is 11.4 Å². The van der Waals surface area contributed by atoms with Gasteiger partial charge in [-0.05, 0) is 73.2 Å². The average molecular weight is 546 g/mol. The smallest absolute Gasteiger partial charge is 0.338 e. The second kappa shape index (κ2) is 9.75. The van der Waals surface area contributed by atoms with Crippen molar-refractivity contribution in [1.82, 2.24) is 0 Å². The number of halogens is 3. The van der Waals surface area contributed by atoms with Crippen LogP contribution in [0.2, 0.25) is 15.1 Å². The number of hydrogen-bond donors (Lipinski definition) is 0. The molecule has 0 N–H and O–H groups in total. The van der Waals surface area contributed by atoms with E-state index in [1.807, 2.05) is 0 Å². The summed E-state index contributed by atoms with van der Waals surface area (Å²) in [4.78, 5) is 46.4. The summed E-state index contributed by atoms with van der Waals surface area (Å²) in [5.41, 5.74) is 1.84. The lowest BCUT2D eigenvalue weighted by atomic mass is 9.90. The standard InChI is InChI=1S/C26H19Cl3N2O5/c1-2-35-26(34)14-3-8-17(9-4-14)30-24(32)21-22(19-12-7-16(28)13-20(19)29)31(36-23(21)25(30)33)18-10-5-15(27)6-11-18/h3-13,21-23H,2H2,1H3. The van der Waals surface area contributed by atoms with Crippen molar-refractivity contribution < 1.29 is 24.0 Å². The van der Waals surface area contributed by atoms with Crippen LogP contribution in [-0.4, -0.2) is 30.5 Å². The molecular formula is C26H19Cl3N2O5. The van der Waals surface area contributed by atoms with Crippen LogP contribution in [-0.2, 0) is 19.2 Å². The van der Waals surface area contributed by atoms with Crippen molar-refractivity contribution in [2.75, 3.05) is 16.6 Å². The van der Waals surface area contributed by atoms with Crippen LogP contribution in [0.15, 0.2) is 66.7 Å². The minimum atomic E-state index is -1.07. The summed E-state index contributed by atoms with van der Waals surface area (Å²) in [5.74, 6) is -2.32. The molecule has 0 saturated carbocycles. The number of benzene rings is 3. The zero-order valence-corrected chi connectivity index (χ0v) is 21.1. The molecule has 3 unspecified atom stereocenters. The number of anilines is 2. The quantitative estimate of drug-likeness (QED) is 0.295. The Morgan fingerprint density at radius 2 is 1.53 bits per heavy atom. The Morgan fingerprint density at radius 1 is 0.889 bits per heavy atom. The van der Waals surface area contributed by atoms with E-state index in [1.165, 1.54) is 29.3 Å². The van der Waals surface area contributed by atoms with E-state index in [9.17, 15) is 14.4 Å². The maximum atomic E-state index is 13.7. The summed E-state index contributed by atoms with van der Waals surface area (Å²) in [5, 5.41) is 2.84. The molecule has 10 heteroatoms. The summed E-state index contributed by atoms with van der Waals surface area (Å²) in [6.45, 7) is 1.95. The SMILES string of the molecule is CCOC(=O)c1ccc(N2C(=O)C3ON(c4ccc(Cl)cc4)C(c4ccc(Cl)cc4Cl)C3C2=O)cc1. The molecule has 2 aliphatic rings. The summed E-state index contributed by atoms with van der Waals surface area (Å²) < 4.78 is 5.00. The van der Waals surface area contributed by atoms with Crippen LogP contribution >= 0.6 is 34.8 Å². The molecule has 0 spiro atoms. The summed E-state index contributed by atoms with van der Waals surface area (Å²) >= 11 is 18.7. The molecule has 0 radical (unpaired) electrons. The fourth-order valence-corrected chi connectivity index (χ4v) is 5.15. The van der Waals surface area contributed by atoms with E-state index >= 15 is 0 Å². The van der Waals surface area contributed by atoms with E-state index in [2.05, 4.69) is 0 Å². The van der Waals surface area contributed by atoms with Gasteiger partial charge in [-0.1, -0.05) is 40.9 Å². The lowest BCUT2D eigenvalue weighted by Crippen LogP contribution is -2.37. The predicted molar refractivity (Wildman–Crippen MR) is 136 cm³/mol. The predicted octanol–water partition coefficient (Wildman–Crippen LogP) is 5.87. The number of ether oxygens (including phenoxy) is 1. The van der Waals surface area contributed by atoms with Gasteiger partial charge in [-0.15, -0.1) is 0 Å². The molecule has 0 aliphatic carbocycles. The Kier molecular flexibility index (Phi) is 6.66. The minimum absolute atomic E-state index is 0.239. The van der Waals surface area contributed by atoms with E-state index in [-0.39, 0.29) is 6.61 Å². The van der Waals surface area contributed by atoms with Crippen molar-refractivity contribution >= 4 is 64.0 Å². The van der Waals surface area contributed by atoms with E-state index in [0.717, 1.165) is 4.90 Å². The third-order valence-electron chi connectivity index (χ3n) is 6.11. The second-order valence-corrected chi connectivity index (χ2v) is 9.52. The molecule has 3 aromatic rings. The first-order valence-corrected chi connectivity index (χ1v) is 12.2. The Morgan fingerprint density at radius 3 is 2.17 bits per heavy atom. The third-order valence-corrected chi connectivity index (χ3v) is 6.93. The number of hydroxylamine groups is 1. The number of nitrogens with zero attached hydrogens (tertiary/aromatic N) is 2. The maximum absolute atomic E-state index is 13.7. The van der Waals surface area contributed by atoms with Crippen molar-refractivity contribution in [3.8, 4) is 0 Å². The van der Waals surface area contributed by atoms with Crippen LogP contribution in [0.1, 0.15) is 28.9 Å². The number of imide groups is 1. The van der Waals surface area contributed by atoms with Gasteiger partial charge in [0, 0.05) is 15.1 Å². The maximum Gasteiger partial charge on any atom is 0.338 e. The molecule has 7 nitrogen and oxygen atoms in total. The van der Waals surface area contributed by atoms with E-state index in [0.29, 0.717) is 37.6 Å². The van der Waals surface area contributed by atoms with Crippen LogP contribution in [0.5, 0.6) is 0 Å². The summed E-state index contributed by atoms with van der Waals surface area (Å²) in [6, 6.07) is 17.2. The fourth-order valence-electron chi connectivity index (χ4n) is 4.50. The van der Waals surface area contributed by atoms with E-state index < -0.39 is 35.8 Å². The Hall–Kier alpha value is -3.10. The number of carbonyl (C=O) groups excluding carboxylic acids is 3. The van der Waals surface area contributed by atoms with Crippen LogP contribution in [0, 0.1) is 5.92 Å². The normalized spacial score (nSPS) is 21.2. The van der Waals surface area contributed by atoms with Crippen LogP contribution < -0.4 is 9.96 Å². The molecular weight excluding hydrogens is 527 g/mol. The average Bonchev–Trinajstić information content (AvgIpc) is 3.36. The number of rotatable bonds is 5. The topological polar surface area (TPSA) is 76.2 Å². The first-order valence-electron chi connectivity index (χ1n) is 11.1. The molecule has 3 atom stereocenters. The van der Waals surface area contributed by atoms with Crippen molar-refractivity contribution in [2.24, 2.45) is 5.92 Å². The number of carbonyl (C=O) groups is 3. The Balaban J connectivity index is 1.53. The highest BCUT2D eigenvalue weighted by atomic mass is 35.5. The number of fused-ring (bicyclic) bond motifs is 1. The van der Waals surface area contributed by atoms with Crippen molar-refractivity contribution in [1.29, 1.82) is 0 Å². The van der Waals surface area contributed by atoms with Crippen LogP contribution in [0.25, 0.3) is 0 Å². The first kappa shape index (κ1) is 24.6. The first-order chi connectivity index (χ1) is 17.3. The molecule has 2 aliphatic heterocycles. The molecule has 2 heterocycles. The summed E-state index contributed by atoms with van der Waals surface area (Å²) in [6.07, 6.45) is -1.07. The molecule has 2 amide bonds. The van der Waals surface area contributed by atoms with Gasteiger partial charge in [-0.25, -0.2) is 14.8 Å². The van der Waals surface area contributed by atoms with Gasteiger partial charge in [0.15, 0.2) is 6.10 Å². The third kappa shape index (κ3) is 4.22. The largest absolute Gasteiger partial charge is 0.462 e. The lowest BCUT2D eigenvalue weighted by molar-refractivity contribution is -0.126. The molecule has 5 rings (SSSR count). The Bertz CT molecular complexity index is 1350. The molecule has 0 bridgehead atoms. The van der Waals surface area contributed by atoms with Crippen LogP contribution in [0.3, 0.4) is 0 Å². The fraction of sp³-hybridized carbons (Fsp3) is 0.192. The van der Waals surface area contributed by atoms with Gasteiger partial charge in [0.2, 0.25) is 5.91 Å². The second-order valence-electron chi connectivity index (χ2n) is 8.24. The van der Waals surface area contributed by atoms with Gasteiger partial charge in [0.25, 0.3) is 5.91 Å². The van der Waals surface area contributed by atoms with Crippen molar-refractivity contribution in [3.63, 3.8) is 0 Å². The molecule has 2 saturated heterocycles. The highest BCUT2D eigenvalue weighted by Gasteiger charge is 2.60. The van der Waals surface area contributed by atoms with Gasteiger partial charge >= 0.3 is 5.97 Å². The monoisotopic (exact) mass is 544 g/mol. The summed E-state index contributed by atoms with van der Waals surface area (Å²) in [7, 11) is 0. The van der Waals surface area contributed by atoms with Gasteiger partial charge in [0.1, 0.15) is 5.92 Å². The lowest BCUT2D eigenvalue weighted by Gasteiger charge is -2.29. The minimum Gasteiger partial charge on any atom is -0.462 e. The number of amides is 2. The molecule has 184 valence electrons. The molecule has 0 aromatic heterocycles. The highest BCUT2D eigenvalue weighted by molar-refractivity contribution is 6.35. The molecule has 2 fully saturated rings. The van der Waals surface area contributed by atoms with E-state index in [1.54, 1.807) is 49.4 Å².